The van der Waals surface area contributed by atoms with Crippen LogP contribution in [0.3, 0.4) is 0 Å². The Balaban J connectivity index is 1.63. The fourth-order valence-corrected chi connectivity index (χ4v) is 2.43. The summed E-state index contributed by atoms with van der Waals surface area (Å²) in [6.45, 7) is -0.386. The first-order valence-corrected chi connectivity index (χ1v) is 7.68. The molecule has 0 spiro atoms. The fourth-order valence-electron chi connectivity index (χ4n) is 1.81. The van der Waals surface area contributed by atoms with E-state index in [0.29, 0.717) is 10.8 Å². The second-order valence-electron chi connectivity index (χ2n) is 4.62. The third kappa shape index (κ3) is 3.43. The van der Waals surface area contributed by atoms with Gasteiger partial charge in [0.2, 0.25) is 0 Å². The lowest BCUT2D eigenvalue weighted by Gasteiger charge is -2.13. The van der Waals surface area contributed by atoms with E-state index in [1.54, 1.807) is 30.9 Å². The molecule has 0 N–H and O–H groups in total. The van der Waals surface area contributed by atoms with Gasteiger partial charge in [-0.05, 0) is 6.07 Å². The van der Waals surface area contributed by atoms with Crippen molar-refractivity contribution in [3.63, 3.8) is 0 Å². The maximum absolute atomic E-state index is 12.1. The van der Waals surface area contributed by atoms with Gasteiger partial charge in [-0.3, -0.25) is 14.7 Å². The van der Waals surface area contributed by atoms with Crippen molar-refractivity contribution in [2.45, 2.75) is 0 Å². The highest BCUT2D eigenvalue weighted by Crippen LogP contribution is 2.15. The Morgan fingerprint density at radius 3 is 2.92 bits per heavy atom. The van der Waals surface area contributed by atoms with Gasteiger partial charge in [-0.1, -0.05) is 5.21 Å². The fraction of sp³-hybridized carbons (Fsp3) is 0.143. The number of ether oxygens (including phenoxy) is 1. The quantitative estimate of drug-likeness (QED) is 0.634. The zero-order chi connectivity index (χ0) is 16.9. The van der Waals surface area contributed by atoms with E-state index in [4.69, 9.17) is 4.74 Å². The van der Waals surface area contributed by atoms with Gasteiger partial charge >= 0.3 is 5.97 Å². The average Bonchev–Trinajstić information content (AvgIpc) is 3.32. The van der Waals surface area contributed by atoms with Crippen LogP contribution in [0.2, 0.25) is 0 Å². The van der Waals surface area contributed by atoms with Gasteiger partial charge in [0.15, 0.2) is 11.7 Å². The standard InChI is InChI=1S/C14H12N6O3S/c1-19(14-16-3-5-24-14)12(21)9-23-13(22)10-6-11(8-15-7-10)20-4-2-17-18-20/h2-8H,9H2,1H3. The molecule has 0 aliphatic carbocycles. The Labute approximate surface area is 140 Å². The third-order valence-electron chi connectivity index (χ3n) is 3.05. The highest BCUT2D eigenvalue weighted by Gasteiger charge is 2.17. The topological polar surface area (TPSA) is 103 Å². The number of anilines is 1. The van der Waals surface area contributed by atoms with Crippen molar-refractivity contribution in [1.82, 2.24) is 25.0 Å². The molecule has 0 aromatic carbocycles. The maximum Gasteiger partial charge on any atom is 0.340 e. The molecule has 1 amide bonds. The van der Waals surface area contributed by atoms with Crippen molar-refractivity contribution in [3.05, 3.63) is 48.0 Å². The molecule has 3 aromatic heterocycles. The molecule has 0 atom stereocenters. The van der Waals surface area contributed by atoms with Crippen LogP contribution in [0, 0.1) is 0 Å². The number of nitrogens with zero attached hydrogens (tertiary/aromatic N) is 6. The lowest BCUT2D eigenvalue weighted by Crippen LogP contribution is -2.31. The van der Waals surface area contributed by atoms with Gasteiger partial charge in [-0.15, -0.1) is 16.4 Å². The monoisotopic (exact) mass is 344 g/mol. The summed E-state index contributed by atoms with van der Waals surface area (Å²) in [4.78, 5) is 33.4. The van der Waals surface area contributed by atoms with Crippen molar-refractivity contribution in [1.29, 1.82) is 0 Å². The zero-order valence-electron chi connectivity index (χ0n) is 12.6. The molecule has 10 heteroatoms. The van der Waals surface area contributed by atoms with E-state index >= 15 is 0 Å². The predicted octanol–water partition coefficient (Wildman–Crippen LogP) is 0.939. The Kier molecular flexibility index (Phi) is 4.57. The van der Waals surface area contributed by atoms with Crippen molar-refractivity contribution < 1.29 is 14.3 Å². The second kappa shape index (κ2) is 6.96. The molecule has 3 heterocycles. The van der Waals surface area contributed by atoms with E-state index < -0.39 is 5.97 Å². The van der Waals surface area contributed by atoms with Gasteiger partial charge in [0, 0.05) is 24.8 Å². The van der Waals surface area contributed by atoms with Gasteiger partial charge in [-0.2, -0.15) is 0 Å². The smallest absolute Gasteiger partial charge is 0.340 e. The van der Waals surface area contributed by atoms with Gasteiger partial charge in [0.25, 0.3) is 5.91 Å². The molecule has 9 nitrogen and oxygen atoms in total. The van der Waals surface area contributed by atoms with Crippen LogP contribution in [0.1, 0.15) is 10.4 Å². The molecular weight excluding hydrogens is 332 g/mol. The molecule has 0 unspecified atom stereocenters. The van der Waals surface area contributed by atoms with Gasteiger partial charge in [0.05, 0.1) is 29.8 Å². The van der Waals surface area contributed by atoms with Gasteiger partial charge < -0.3 is 4.74 Å². The number of amides is 1. The first-order valence-electron chi connectivity index (χ1n) is 6.80. The molecule has 0 saturated heterocycles. The number of likely N-dealkylation sites (N-methyl/N-ethyl adjacent to an activating group) is 1. The lowest BCUT2D eigenvalue weighted by molar-refractivity contribution is -0.121. The summed E-state index contributed by atoms with van der Waals surface area (Å²) < 4.78 is 6.51. The van der Waals surface area contributed by atoms with E-state index in [9.17, 15) is 9.59 Å². The number of hydrogen-bond donors (Lipinski definition) is 0. The molecule has 24 heavy (non-hydrogen) atoms. The molecule has 0 saturated carbocycles. The molecule has 0 bridgehead atoms. The number of thiazole rings is 1. The second-order valence-corrected chi connectivity index (χ2v) is 5.50. The molecule has 122 valence electrons. The molecule has 0 fully saturated rings. The van der Waals surface area contributed by atoms with E-state index in [0.717, 1.165) is 0 Å². The minimum absolute atomic E-state index is 0.215. The summed E-state index contributed by atoms with van der Waals surface area (Å²) in [6, 6.07) is 1.55. The van der Waals surface area contributed by atoms with Crippen LogP contribution < -0.4 is 4.90 Å². The molecule has 3 rings (SSSR count). The SMILES string of the molecule is CN(C(=O)COC(=O)c1cncc(-n2ccnn2)c1)c1nccs1. The first-order chi connectivity index (χ1) is 11.6. The Bertz CT molecular complexity index is 834. The summed E-state index contributed by atoms with van der Waals surface area (Å²) in [7, 11) is 1.57. The Hall–Kier alpha value is -3.14. The van der Waals surface area contributed by atoms with E-state index in [-0.39, 0.29) is 18.1 Å². The molecule has 0 radical (unpaired) electrons. The number of carbonyl (C=O) groups is 2. The number of hydrogen-bond acceptors (Lipinski definition) is 8. The summed E-state index contributed by atoms with van der Waals surface area (Å²) in [5.74, 6) is -1.02. The van der Waals surface area contributed by atoms with Crippen LogP contribution in [0.5, 0.6) is 0 Å². The molecular formula is C14H12N6O3S. The van der Waals surface area contributed by atoms with Crippen LogP contribution in [-0.2, 0) is 9.53 Å². The van der Waals surface area contributed by atoms with Crippen LogP contribution >= 0.6 is 11.3 Å². The maximum atomic E-state index is 12.1. The number of rotatable bonds is 5. The highest BCUT2D eigenvalue weighted by atomic mass is 32.1. The van der Waals surface area contributed by atoms with Crippen molar-refractivity contribution in [2.75, 3.05) is 18.6 Å². The van der Waals surface area contributed by atoms with Crippen LogP contribution in [0.25, 0.3) is 5.69 Å². The highest BCUT2D eigenvalue weighted by molar-refractivity contribution is 7.13. The van der Waals surface area contributed by atoms with Gasteiger partial charge in [-0.25, -0.2) is 14.5 Å². The third-order valence-corrected chi connectivity index (χ3v) is 3.90. The largest absolute Gasteiger partial charge is 0.452 e. The van der Waals surface area contributed by atoms with Gasteiger partial charge in [0.1, 0.15) is 0 Å². The summed E-state index contributed by atoms with van der Waals surface area (Å²) in [6.07, 6.45) is 7.62. The van der Waals surface area contributed by atoms with Crippen LogP contribution in [0.15, 0.2) is 42.4 Å². The van der Waals surface area contributed by atoms with E-state index in [1.165, 1.54) is 39.5 Å². The molecule has 0 aliphatic heterocycles. The summed E-state index contributed by atoms with van der Waals surface area (Å²) in [5, 5.41) is 9.80. The Morgan fingerprint density at radius 2 is 2.21 bits per heavy atom. The van der Waals surface area contributed by atoms with E-state index in [2.05, 4.69) is 20.3 Å². The Morgan fingerprint density at radius 1 is 1.33 bits per heavy atom. The molecule has 3 aromatic rings. The predicted molar refractivity (Wildman–Crippen MR) is 85.0 cm³/mol. The molecule has 0 aliphatic rings. The number of carbonyl (C=O) groups excluding carboxylic acids is 2. The minimum atomic E-state index is -0.648. The normalized spacial score (nSPS) is 10.4. The van der Waals surface area contributed by atoms with E-state index in [1.807, 2.05) is 0 Å². The minimum Gasteiger partial charge on any atom is -0.452 e. The van der Waals surface area contributed by atoms with Crippen LogP contribution in [0.4, 0.5) is 5.13 Å². The summed E-state index contributed by atoms with van der Waals surface area (Å²) in [5.41, 5.74) is 0.779. The first kappa shape index (κ1) is 15.7. The summed E-state index contributed by atoms with van der Waals surface area (Å²) >= 11 is 1.32. The van der Waals surface area contributed by atoms with Crippen molar-refractivity contribution in [2.24, 2.45) is 0 Å². The van der Waals surface area contributed by atoms with Crippen molar-refractivity contribution >= 4 is 28.3 Å². The number of aromatic nitrogens is 5. The lowest BCUT2D eigenvalue weighted by atomic mass is 10.2. The average molecular weight is 344 g/mol. The zero-order valence-corrected chi connectivity index (χ0v) is 13.4. The number of esters is 1. The number of pyridine rings is 1. The van der Waals surface area contributed by atoms with Crippen LogP contribution in [-0.4, -0.2) is 50.5 Å². The van der Waals surface area contributed by atoms with Crippen molar-refractivity contribution in [3.8, 4) is 5.69 Å².